The van der Waals surface area contributed by atoms with Gasteiger partial charge in [-0.05, 0) is 50.6 Å². The van der Waals surface area contributed by atoms with Crippen molar-refractivity contribution >= 4 is 57.8 Å². The predicted octanol–water partition coefficient (Wildman–Crippen LogP) is 5.34. The van der Waals surface area contributed by atoms with Crippen LogP contribution in [0.25, 0.3) is 0 Å². The quantitative estimate of drug-likeness (QED) is 0.286. The van der Waals surface area contributed by atoms with E-state index in [1.165, 1.54) is 16.8 Å². The van der Waals surface area contributed by atoms with Gasteiger partial charge >= 0.3 is 6.03 Å². The van der Waals surface area contributed by atoms with E-state index in [4.69, 9.17) is 23.8 Å². The van der Waals surface area contributed by atoms with Crippen molar-refractivity contribution in [1.82, 2.24) is 10.1 Å². The Morgan fingerprint density at radius 1 is 1.28 bits per heavy atom. The maximum Gasteiger partial charge on any atom is 0.347 e. The zero-order valence-electron chi connectivity index (χ0n) is 16.2. The molecule has 0 aromatic heterocycles. The third-order valence-electron chi connectivity index (χ3n) is 4.33. The van der Waals surface area contributed by atoms with E-state index in [-0.39, 0.29) is 0 Å². The van der Waals surface area contributed by atoms with E-state index in [9.17, 15) is 10.0 Å². The molecule has 1 fully saturated rings. The van der Waals surface area contributed by atoms with Crippen LogP contribution in [0, 0.1) is 6.92 Å². The Morgan fingerprint density at radius 3 is 2.52 bits per heavy atom. The van der Waals surface area contributed by atoms with Gasteiger partial charge in [0.05, 0.1) is 11.0 Å². The molecule has 2 N–H and O–H groups in total. The second-order valence-corrected chi connectivity index (χ2v) is 9.85. The Labute approximate surface area is 184 Å². The maximum atomic E-state index is 12.6. The highest BCUT2D eigenvalue weighted by atomic mass is 35.5. The summed E-state index contributed by atoms with van der Waals surface area (Å²) in [5.74, 6) is 0. The van der Waals surface area contributed by atoms with Crippen molar-refractivity contribution in [1.29, 1.82) is 0 Å². The number of carbonyl (C=O) groups is 1. The van der Waals surface area contributed by atoms with Gasteiger partial charge in [0.1, 0.15) is 0 Å². The topological polar surface area (TPSA) is 68.2 Å². The molecule has 2 aromatic carbocycles. The van der Waals surface area contributed by atoms with Crippen molar-refractivity contribution in [2.24, 2.45) is 5.10 Å². The standard InChI is InChI=1S/C20H21ClN4O2S2/c1-13-4-6-14(7-5-13)12-22-24-17(20(2,3)29-19(24)28)25(27)18(26)23-16-10-8-15(21)9-11-16/h4-12,17,27H,1-3H3,(H,23,26)/b22-12+. The van der Waals surface area contributed by atoms with Crippen LogP contribution < -0.4 is 5.32 Å². The number of anilines is 1. The van der Waals surface area contributed by atoms with E-state index in [2.05, 4.69) is 10.4 Å². The Hall–Kier alpha value is -2.13. The van der Waals surface area contributed by atoms with E-state index >= 15 is 0 Å². The number of urea groups is 1. The largest absolute Gasteiger partial charge is 0.347 e. The number of hydroxylamine groups is 2. The first kappa shape index (κ1) is 21.6. The summed E-state index contributed by atoms with van der Waals surface area (Å²) in [7, 11) is 0. The minimum atomic E-state index is -0.783. The summed E-state index contributed by atoms with van der Waals surface area (Å²) >= 11 is 12.7. The van der Waals surface area contributed by atoms with Crippen LogP contribution in [0.15, 0.2) is 53.6 Å². The van der Waals surface area contributed by atoms with Gasteiger partial charge in [0.25, 0.3) is 0 Å². The molecule has 6 nitrogen and oxygen atoms in total. The van der Waals surface area contributed by atoms with Gasteiger partial charge in [0.2, 0.25) is 0 Å². The third kappa shape index (κ3) is 5.08. The fraction of sp³-hybridized carbons (Fsp3) is 0.250. The van der Waals surface area contributed by atoms with Crippen LogP contribution in [0.2, 0.25) is 5.02 Å². The molecule has 1 aliphatic heterocycles. The number of amides is 2. The molecule has 3 rings (SSSR count). The predicted molar refractivity (Wildman–Crippen MR) is 123 cm³/mol. The first-order chi connectivity index (χ1) is 13.7. The molecule has 0 radical (unpaired) electrons. The number of nitrogens with one attached hydrogen (secondary N) is 1. The van der Waals surface area contributed by atoms with Gasteiger partial charge in [-0.3, -0.25) is 5.21 Å². The average Bonchev–Trinajstić information content (AvgIpc) is 2.90. The number of hydrogen-bond acceptors (Lipinski definition) is 5. The molecular weight excluding hydrogens is 428 g/mol. The van der Waals surface area contributed by atoms with Crippen molar-refractivity contribution in [3.8, 4) is 0 Å². The first-order valence-corrected chi connectivity index (χ1v) is 10.5. The van der Waals surface area contributed by atoms with Gasteiger partial charge in [-0.25, -0.2) is 9.80 Å². The molecule has 1 atom stereocenters. The lowest BCUT2D eigenvalue weighted by molar-refractivity contribution is -0.114. The molecule has 1 aliphatic rings. The Bertz CT molecular complexity index is 933. The number of thioether (sulfide) groups is 1. The molecule has 1 heterocycles. The lowest BCUT2D eigenvalue weighted by Gasteiger charge is -2.34. The Kier molecular flexibility index (Phi) is 6.48. The Balaban J connectivity index is 1.80. The summed E-state index contributed by atoms with van der Waals surface area (Å²) in [5, 5.41) is 20.5. The van der Waals surface area contributed by atoms with Crippen molar-refractivity contribution in [3.63, 3.8) is 0 Å². The molecule has 0 bridgehead atoms. The minimum absolute atomic E-state index is 0.474. The number of hydrazone groups is 1. The number of thiocarbonyl (C=S) groups is 1. The molecular formula is C20H21ClN4O2S2. The monoisotopic (exact) mass is 448 g/mol. The second-order valence-electron chi connectivity index (χ2n) is 7.13. The number of benzene rings is 2. The highest BCUT2D eigenvalue weighted by molar-refractivity contribution is 8.24. The van der Waals surface area contributed by atoms with Crippen LogP contribution in [0.4, 0.5) is 10.5 Å². The smallest absolute Gasteiger partial charge is 0.306 e. The summed E-state index contributed by atoms with van der Waals surface area (Å²) < 4.78 is -0.102. The van der Waals surface area contributed by atoms with Crippen LogP contribution in [0.1, 0.15) is 25.0 Å². The lowest BCUT2D eigenvalue weighted by Crippen LogP contribution is -2.54. The van der Waals surface area contributed by atoms with Gasteiger partial charge in [0, 0.05) is 10.7 Å². The van der Waals surface area contributed by atoms with E-state index in [1.54, 1.807) is 30.5 Å². The molecule has 2 aromatic rings. The second kappa shape index (κ2) is 8.71. The zero-order chi connectivity index (χ0) is 21.2. The lowest BCUT2D eigenvalue weighted by atomic mass is 10.1. The fourth-order valence-corrected chi connectivity index (χ4v) is 4.75. The number of carbonyl (C=O) groups excluding carboxylic acids is 1. The number of rotatable bonds is 4. The van der Waals surface area contributed by atoms with Crippen LogP contribution in [0.3, 0.4) is 0 Å². The van der Waals surface area contributed by atoms with Gasteiger partial charge in [-0.15, -0.1) is 0 Å². The first-order valence-electron chi connectivity index (χ1n) is 8.85. The summed E-state index contributed by atoms with van der Waals surface area (Å²) in [5.41, 5.74) is 2.55. The van der Waals surface area contributed by atoms with Gasteiger partial charge in [-0.2, -0.15) is 10.2 Å². The molecule has 0 aliphatic carbocycles. The van der Waals surface area contributed by atoms with E-state index in [0.29, 0.717) is 20.1 Å². The summed E-state index contributed by atoms with van der Waals surface area (Å²) in [6.45, 7) is 5.80. The molecule has 0 spiro atoms. The maximum absolute atomic E-state index is 12.6. The van der Waals surface area contributed by atoms with Crippen LogP contribution in [-0.2, 0) is 0 Å². The SMILES string of the molecule is Cc1ccc(/C=N/N2C(=S)SC(C)(C)C2N(O)C(=O)Nc2ccc(Cl)cc2)cc1. The van der Waals surface area contributed by atoms with Crippen LogP contribution in [0.5, 0.6) is 0 Å². The van der Waals surface area contributed by atoms with Gasteiger partial charge in [-0.1, -0.05) is 65.4 Å². The number of nitrogens with zero attached hydrogens (tertiary/aromatic N) is 3. The number of halogens is 1. The van der Waals surface area contributed by atoms with E-state index in [1.807, 2.05) is 45.0 Å². The van der Waals surface area contributed by atoms with Crippen molar-refractivity contribution in [2.75, 3.05) is 5.32 Å². The number of aryl methyl sites for hydroxylation is 1. The molecule has 2 amide bonds. The zero-order valence-corrected chi connectivity index (χ0v) is 18.6. The third-order valence-corrected chi connectivity index (χ3v) is 6.12. The van der Waals surface area contributed by atoms with Gasteiger partial charge in [0.15, 0.2) is 10.5 Å². The molecule has 1 saturated heterocycles. The Morgan fingerprint density at radius 2 is 1.90 bits per heavy atom. The summed E-state index contributed by atoms with van der Waals surface area (Å²) in [6, 6.07) is 13.8. The molecule has 152 valence electrons. The highest BCUT2D eigenvalue weighted by Gasteiger charge is 2.50. The van der Waals surface area contributed by atoms with E-state index < -0.39 is 16.9 Å². The van der Waals surface area contributed by atoms with Crippen molar-refractivity contribution < 1.29 is 10.0 Å². The summed E-state index contributed by atoms with van der Waals surface area (Å²) in [6.07, 6.45) is 0.875. The van der Waals surface area contributed by atoms with Crippen LogP contribution >= 0.6 is 35.6 Å². The fourth-order valence-electron chi connectivity index (χ4n) is 2.83. The molecule has 29 heavy (non-hydrogen) atoms. The normalized spacial score (nSPS) is 18.3. The average molecular weight is 449 g/mol. The molecule has 0 saturated carbocycles. The molecule has 1 unspecified atom stereocenters. The molecule has 9 heteroatoms. The van der Waals surface area contributed by atoms with Gasteiger partial charge < -0.3 is 5.32 Å². The summed E-state index contributed by atoms with van der Waals surface area (Å²) in [4.78, 5) is 12.6. The minimum Gasteiger partial charge on any atom is -0.306 e. The van der Waals surface area contributed by atoms with Crippen molar-refractivity contribution in [2.45, 2.75) is 31.7 Å². The van der Waals surface area contributed by atoms with Crippen molar-refractivity contribution in [3.05, 3.63) is 64.7 Å². The highest BCUT2D eigenvalue weighted by Crippen LogP contribution is 2.42. The number of hydrogen-bond donors (Lipinski definition) is 2. The van der Waals surface area contributed by atoms with Crippen LogP contribution in [-0.4, -0.2) is 42.8 Å². The van der Waals surface area contributed by atoms with E-state index in [0.717, 1.165) is 11.1 Å².